The molecule has 0 aliphatic heterocycles. The predicted octanol–water partition coefficient (Wildman–Crippen LogP) is -4.01. The maximum absolute atomic E-state index is 9.32. The molecule has 0 aliphatic rings. The third kappa shape index (κ3) is 14.7. The molecule has 2 unspecified atom stereocenters. The minimum atomic E-state index is -5.68. The van der Waals surface area contributed by atoms with Crippen LogP contribution in [0.5, 0.6) is 0 Å². The van der Waals surface area contributed by atoms with Crippen LogP contribution in [0.25, 0.3) is 0 Å². The molecule has 0 radical (unpaired) electrons. The highest BCUT2D eigenvalue weighted by Crippen LogP contribution is 2.42. The zero-order chi connectivity index (χ0) is 24.9. The first-order chi connectivity index (χ1) is 12.1. The minimum Gasteiger partial charge on any atom is -0.790 e. The highest BCUT2D eigenvalue weighted by Gasteiger charge is 2.43. The summed E-state index contributed by atoms with van der Waals surface area (Å²) >= 11 is 0. The van der Waals surface area contributed by atoms with Crippen LogP contribution in [0.4, 0.5) is 0 Å². The van der Waals surface area contributed by atoms with Gasteiger partial charge in [0.1, 0.15) is 0 Å². The van der Waals surface area contributed by atoms with Gasteiger partial charge in [0.2, 0.25) is 0 Å². The van der Waals surface area contributed by atoms with Crippen molar-refractivity contribution in [1.82, 2.24) is 0 Å². The highest BCUT2D eigenvalue weighted by molar-refractivity contribution is 7.57. The second-order valence-corrected chi connectivity index (χ2v) is 12.4. The summed E-state index contributed by atoms with van der Waals surface area (Å²) in [6.07, 6.45) is 0. The lowest BCUT2D eigenvalue weighted by molar-refractivity contribution is -0.533. The summed E-state index contributed by atoms with van der Waals surface area (Å²) in [7, 11) is -11.4. The van der Waals surface area contributed by atoms with Gasteiger partial charge in [0, 0.05) is 0 Å². The van der Waals surface area contributed by atoms with E-state index in [0.717, 1.165) is 0 Å². The summed E-state index contributed by atoms with van der Waals surface area (Å²) in [6.45, 7) is 21.8. The van der Waals surface area contributed by atoms with Crippen LogP contribution in [0.1, 0.15) is 69.2 Å². The van der Waals surface area contributed by atoms with Gasteiger partial charge < -0.3 is 55.9 Å². The van der Waals surface area contributed by atoms with E-state index >= 15 is 0 Å². The Morgan fingerprint density at radius 1 is 0.655 bits per heavy atom. The fourth-order valence-electron chi connectivity index (χ4n) is 1.46. The van der Waals surface area contributed by atoms with Gasteiger partial charge in [-0.05, 0) is 69.2 Å². The molecule has 0 amide bonds. The van der Waals surface area contributed by atoms with E-state index in [2.05, 4.69) is 96.5 Å². The topological polar surface area (TPSA) is 246 Å². The van der Waals surface area contributed by atoms with E-state index in [-0.39, 0.29) is 21.9 Å². The molecule has 12 N–H and O–H groups in total. The van der Waals surface area contributed by atoms with E-state index < -0.39 is 15.6 Å². The molecule has 13 heteroatoms. The number of quaternary nitrogens is 4. The normalized spacial score (nSPS) is 16.1. The van der Waals surface area contributed by atoms with Crippen LogP contribution >= 0.6 is 15.6 Å². The third-order valence-electron chi connectivity index (χ3n) is 6.15. The van der Waals surface area contributed by atoms with E-state index in [1.807, 2.05) is 0 Å². The number of hydrogen-bond acceptors (Lipinski definition) is 7. The summed E-state index contributed by atoms with van der Waals surface area (Å²) in [5.74, 6) is 0. The molecular weight excluding hydrogens is 422 g/mol. The fraction of sp³-hybridized carbons (Fsp3) is 1.00. The van der Waals surface area contributed by atoms with Crippen LogP contribution in [0, 0.1) is 10.8 Å². The first-order valence-corrected chi connectivity index (χ1v) is 12.1. The molecule has 29 heavy (non-hydrogen) atoms. The van der Waals surface area contributed by atoms with Crippen molar-refractivity contribution in [3.63, 3.8) is 0 Å². The lowest BCUT2D eigenvalue weighted by Gasteiger charge is -2.39. The number of phosphoric acid groups is 2. The Morgan fingerprint density at radius 3 is 0.828 bits per heavy atom. The summed E-state index contributed by atoms with van der Waals surface area (Å²) in [5, 5.41) is 0. The van der Waals surface area contributed by atoms with Gasteiger partial charge in [0.05, 0.1) is 49.6 Å². The molecule has 0 saturated carbocycles. The first kappa shape index (κ1) is 33.7. The van der Waals surface area contributed by atoms with Gasteiger partial charge in [-0.15, -0.1) is 0 Å². The quantitative estimate of drug-likeness (QED) is 0.282. The van der Waals surface area contributed by atoms with Crippen molar-refractivity contribution in [1.29, 1.82) is 0 Å². The Balaban J connectivity index is -0.000000350. The zero-order valence-electron chi connectivity index (χ0n) is 19.7. The smallest absolute Gasteiger partial charge is 0.0997 e. The van der Waals surface area contributed by atoms with Crippen molar-refractivity contribution in [2.24, 2.45) is 10.8 Å². The predicted molar refractivity (Wildman–Crippen MR) is 102 cm³/mol. The van der Waals surface area contributed by atoms with Crippen LogP contribution in [0.3, 0.4) is 0 Å². The van der Waals surface area contributed by atoms with Gasteiger partial charge in [-0.2, -0.15) is 0 Å². The van der Waals surface area contributed by atoms with Crippen LogP contribution in [-0.2, 0) is 13.4 Å². The average Bonchev–Trinajstić information content (AvgIpc) is 2.32. The summed E-state index contributed by atoms with van der Waals surface area (Å²) in [4.78, 5) is 37.3. The van der Waals surface area contributed by atoms with Gasteiger partial charge in [-0.3, -0.25) is 0 Å². The molecule has 0 spiro atoms. The standard InChI is InChI=1S/2C8H20N2.H4O7P2/c2*1-6(9)7(2,3)8(4,5)10;1-8(2,3)7-9(4,5)6/h2*6H,9-10H2,1-5H3;(H2,1,2,3)(H2,4,5,6). The Labute approximate surface area is 175 Å². The van der Waals surface area contributed by atoms with Crippen LogP contribution < -0.4 is 42.5 Å². The molecule has 0 rings (SSSR count). The maximum Gasteiger partial charge on any atom is 0.0997 e. The van der Waals surface area contributed by atoms with Crippen LogP contribution in [0.2, 0.25) is 0 Å². The van der Waals surface area contributed by atoms with E-state index in [4.69, 9.17) is 0 Å². The van der Waals surface area contributed by atoms with Crippen molar-refractivity contribution >= 4 is 15.6 Å². The monoisotopic (exact) mass is 466 g/mol. The Bertz CT molecular complexity index is 521. The molecular formula is C16H44N4O7P2. The second kappa shape index (κ2) is 11.1. The van der Waals surface area contributed by atoms with Crippen molar-refractivity contribution in [2.75, 3.05) is 0 Å². The molecule has 0 fully saturated rings. The van der Waals surface area contributed by atoms with Crippen molar-refractivity contribution < 1.29 is 55.9 Å². The van der Waals surface area contributed by atoms with Crippen LogP contribution in [-0.4, -0.2) is 23.2 Å². The molecule has 0 aromatic heterocycles. The van der Waals surface area contributed by atoms with E-state index in [0.29, 0.717) is 12.1 Å². The fourth-order valence-corrected chi connectivity index (χ4v) is 2.44. The van der Waals surface area contributed by atoms with Gasteiger partial charge in [0.15, 0.2) is 0 Å². The summed E-state index contributed by atoms with van der Waals surface area (Å²) < 4.78 is 21.2. The average molecular weight is 466 g/mol. The lowest BCUT2D eigenvalue weighted by Crippen LogP contribution is -2.82. The molecule has 0 saturated heterocycles. The molecule has 11 nitrogen and oxygen atoms in total. The SMILES string of the molecule is CC([NH3+])C(C)(C)C(C)(C)[NH3+].CC([NH3+])C(C)(C)C(C)(C)[NH3+].O=P([O-])([O-])OP(=O)([O-])[O-]. The molecule has 0 bridgehead atoms. The minimum absolute atomic E-state index is 0.105. The van der Waals surface area contributed by atoms with Crippen molar-refractivity contribution in [3.05, 3.63) is 0 Å². The summed E-state index contributed by atoms with van der Waals surface area (Å²) in [6, 6.07) is 0.889. The molecule has 0 aliphatic carbocycles. The first-order valence-electron chi connectivity index (χ1n) is 9.22. The van der Waals surface area contributed by atoms with Crippen molar-refractivity contribution in [2.45, 2.75) is 92.4 Å². The largest absolute Gasteiger partial charge is 0.790 e. The molecule has 180 valence electrons. The second-order valence-electron chi connectivity index (χ2n) is 9.99. The van der Waals surface area contributed by atoms with E-state index in [9.17, 15) is 28.7 Å². The van der Waals surface area contributed by atoms with Gasteiger partial charge >= 0.3 is 0 Å². The Morgan fingerprint density at radius 2 is 0.828 bits per heavy atom. The van der Waals surface area contributed by atoms with Crippen molar-refractivity contribution in [3.8, 4) is 0 Å². The summed E-state index contributed by atoms with van der Waals surface area (Å²) in [5.41, 5.74) is 17.0. The van der Waals surface area contributed by atoms with Gasteiger partial charge in [-0.1, -0.05) is 0 Å². The molecule has 0 aromatic rings. The van der Waals surface area contributed by atoms with Gasteiger partial charge in [-0.25, -0.2) is 0 Å². The molecule has 0 heterocycles. The van der Waals surface area contributed by atoms with E-state index in [1.54, 1.807) is 0 Å². The maximum atomic E-state index is 9.32. The van der Waals surface area contributed by atoms with Gasteiger partial charge in [0.25, 0.3) is 0 Å². The Kier molecular flexibility index (Phi) is 12.9. The zero-order valence-corrected chi connectivity index (χ0v) is 21.5. The molecule has 0 aromatic carbocycles. The Hall–Kier alpha value is 0.100. The lowest BCUT2D eigenvalue weighted by atomic mass is 9.71. The number of hydrogen-bond donors (Lipinski definition) is 4. The highest BCUT2D eigenvalue weighted by atomic mass is 31.3. The molecule has 2 atom stereocenters. The van der Waals surface area contributed by atoms with Crippen LogP contribution in [0.15, 0.2) is 0 Å². The van der Waals surface area contributed by atoms with E-state index in [1.165, 1.54) is 0 Å². The number of rotatable bonds is 6. The third-order valence-corrected chi connectivity index (χ3v) is 7.75.